The zero-order chi connectivity index (χ0) is 22.1. The summed E-state index contributed by atoms with van der Waals surface area (Å²) in [5, 5.41) is 0. The highest BCUT2D eigenvalue weighted by molar-refractivity contribution is 7.93. The highest BCUT2D eigenvalue weighted by Gasteiger charge is 2.29. The summed E-state index contributed by atoms with van der Waals surface area (Å²) < 4.78 is 37.4. The van der Waals surface area contributed by atoms with Crippen molar-refractivity contribution in [3.8, 4) is 28.9 Å². The van der Waals surface area contributed by atoms with Crippen LogP contribution in [0.2, 0.25) is 0 Å². The molecule has 0 saturated heterocycles. The van der Waals surface area contributed by atoms with Crippen LogP contribution in [-0.2, 0) is 15.8 Å². The summed E-state index contributed by atoms with van der Waals surface area (Å²) in [6.45, 7) is 0.338. The minimum absolute atomic E-state index is 0.311. The fourth-order valence-corrected chi connectivity index (χ4v) is 4.38. The predicted molar refractivity (Wildman–Crippen MR) is 117 cm³/mol. The number of para-hydroxylation sites is 1. The van der Waals surface area contributed by atoms with Gasteiger partial charge in [-0.15, -0.1) is 0 Å². The number of amides is 1. The summed E-state index contributed by atoms with van der Waals surface area (Å²) in [5.41, 5.74) is 1.57. The monoisotopic (exact) mass is 450 g/mol. The van der Waals surface area contributed by atoms with E-state index in [2.05, 4.69) is 9.71 Å². The van der Waals surface area contributed by atoms with Crippen molar-refractivity contribution in [1.29, 1.82) is 0 Å². The molecule has 2 aromatic carbocycles. The number of ether oxygens (including phenoxy) is 4. The van der Waals surface area contributed by atoms with Crippen molar-refractivity contribution >= 4 is 21.8 Å². The van der Waals surface area contributed by atoms with E-state index in [1.165, 1.54) is 6.08 Å². The Balaban J connectivity index is 1.33. The SMILES string of the molecule is COc1cc(Oc2cccc3c2OC[C@H]3Oc2ccc(C3=CC(=O)NS3=O)cc2)ccn1. The van der Waals surface area contributed by atoms with Crippen LogP contribution in [0.5, 0.6) is 28.9 Å². The van der Waals surface area contributed by atoms with Crippen LogP contribution in [0.3, 0.4) is 0 Å². The second-order valence-corrected chi connectivity index (χ2v) is 8.18. The van der Waals surface area contributed by atoms with Gasteiger partial charge in [0.05, 0.1) is 12.0 Å². The van der Waals surface area contributed by atoms with Crippen LogP contribution < -0.4 is 23.7 Å². The highest BCUT2D eigenvalue weighted by Crippen LogP contribution is 2.43. The largest absolute Gasteiger partial charge is 0.485 e. The summed E-state index contributed by atoms with van der Waals surface area (Å²) in [6.07, 6.45) is 2.64. The Labute approximate surface area is 186 Å². The molecule has 162 valence electrons. The second kappa shape index (κ2) is 8.35. The molecule has 2 atom stereocenters. The normalized spacial score (nSPS) is 18.9. The third kappa shape index (κ3) is 3.90. The van der Waals surface area contributed by atoms with Crippen molar-refractivity contribution in [2.75, 3.05) is 13.7 Å². The number of benzene rings is 2. The zero-order valence-corrected chi connectivity index (χ0v) is 17.8. The van der Waals surface area contributed by atoms with Gasteiger partial charge in [-0.25, -0.2) is 9.19 Å². The van der Waals surface area contributed by atoms with Gasteiger partial charge in [-0.05, 0) is 29.8 Å². The van der Waals surface area contributed by atoms with Crippen LogP contribution in [0.1, 0.15) is 17.2 Å². The highest BCUT2D eigenvalue weighted by atomic mass is 32.2. The molecule has 1 amide bonds. The Bertz CT molecular complexity index is 1240. The number of methoxy groups -OCH3 is 1. The Kier molecular flexibility index (Phi) is 5.24. The van der Waals surface area contributed by atoms with E-state index in [-0.39, 0.29) is 12.0 Å². The zero-order valence-electron chi connectivity index (χ0n) is 16.9. The maximum atomic E-state index is 11.9. The van der Waals surface area contributed by atoms with Gasteiger partial charge in [0.25, 0.3) is 5.91 Å². The van der Waals surface area contributed by atoms with E-state index in [0.29, 0.717) is 46.0 Å². The molecule has 32 heavy (non-hydrogen) atoms. The number of nitrogens with one attached hydrogen (secondary N) is 1. The van der Waals surface area contributed by atoms with Gasteiger partial charge in [-0.3, -0.25) is 9.52 Å². The number of rotatable bonds is 6. The van der Waals surface area contributed by atoms with Crippen molar-refractivity contribution in [2.45, 2.75) is 6.10 Å². The molecule has 0 radical (unpaired) electrons. The number of carbonyl (C=O) groups excluding carboxylic acids is 1. The van der Waals surface area contributed by atoms with Gasteiger partial charge in [0.1, 0.15) is 18.1 Å². The van der Waals surface area contributed by atoms with E-state index in [1.807, 2.05) is 18.2 Å². The number of nitrogens with zero attached hydrogens (tertiary/aromatic N) is 1. The first kappa shape index (κ1) is 20.1. The summed E-state index contributed by atoms with van der Waals surface area (Å²) in [5.74, 6) is 2.51. The number of carbonyl (C=O) groups is 1. The molecular weight excluding hydrogens is 432 g/mol. The summed E-state index contributed by atoms with van der Waals surface area (Å²) in [6, 6.07) is 16.2. The third-order valence-electron chi connectivity index (χ3n) is 4.95. The van der Waals surface area contributed by atoms with Gasteiger partial charge in [0.15, 0.2) is 28.6 Å². The van der Waals surface area contributed by atoms with E-state index in [9.17, 15) is 9.00 Å². The fourth-order valence-electron chi connectivity index (χ4n) is 3.46. The molecule has 2 aliphatic heterocycles. The average Bonchev–Trinajstić information content (AvgIpc) is 3.37. The van der Waals surface area contributed by atoms with Crippen LogP contribution in [0, 0.1) is 0 Å². The molecule has 0 bridgehead atoms. The fraction of sp³-hybridized carbons (Fsp3) is 0.130. The molecule has 2 aliphatic rings. The van der Waals surface area contributed by atoms with Gasteiger partial charge < -0.3 is 18.9 Å². The van der Waals surface area contributed by atoms with Gasteiger partial charge in [0.2, 0.25) is 5.88 Å². The number of aromatic nitrogens is 1. The number of pyridine rings is 1. The number of hydrogen-bond acceptors (Lipinski definition) is 7. The molecule has 0 aliphatic carbocycles. The summed E-state index contributed by atoms with van der Waals surface area (Å²) in [4.78, 5) is 15.9. The number of hydrogen-bond donors (Lipinski definition) is 1. The standard InChI is InChI=1S/C23H18N2O6S/c1-28-22-11-16(9-10-24-22)31-18-4-2-3-17-19(13-29-23(17)18)30-15-7-5-14(6-8-15)20-12-21(26)25-32(20)27/h2-12,19H,13H2,1H3,(H,25,26)/t19-,32?/m1/s1. The molecule has 3 heterocycles. The lowest BCUT2D eigenvalue weighted by molar-refractivity contribution is -0.114. The molecule has 0 saturated carbocycles. The quantitative estimate of drug-likeness (QED) is 0.614. The molecule has 1 N–H and O–H groups in total. The molecule has 0 spiro atoms. The van der Waals surface area contributed by atoms with Crippen molar-refractivity contribution in [3.05, 3.63) is 78.0 Å². The minimum atomic E-state index is -1.53. The van der Waals surface area contributed by atoms with Crippen LogP contribution in [0.25, 0.3) is 4.91 Å². The van der Waals surface area contributed by atoms with Gasteiger partial charge in [-0.1, -0.05) is 24.3 Å². The lowest BCUT2D eigenvalue weighted by atomic mass is 10.1. The minimum Gasteiger partial charge on any atom is -0.485 e. The topological polar surface area (TPSA) is 96.0 Å². The Morgan fingerprint density at radius 3 is 2.72 bits per heavy atom. The van der Waals surface area contributed by atoms with Crippen molar-refractivity contribution in [1.82, 2.24) is 9.71 Å². The van der Waals surface area contributed by atoms with Gasteiger partial charge in [0, 0.05) is 23.9 Å². The van der Waals surface area contributed by atoms with E-state index in [1.54, 1.807) is 49.7 Å². The van der Waals surface area contributed by atoms with Gasteiger partial charge >= 0.3 is 0 Å². The molecule has 0 fully saturated rings. The Morgan fingerprint density at radius 1 is 1.12 bits per heavy atom. The second-order valence-electron chi connectivity index (χ2n) is 7.00. The first-order valence-electron chi connectivity index (χ1n) is 9.75. The van der Waals surface area contributed by atoms with Crippen LogP contribution in [0.4, 0.5) is 0 Å². The van der Waals surface area contributed by atoms with E-state index >= 15 is 0 Å². The predicted octanol–water partition coefficient (Wildman–Crippen LogP) is 3.53. The van der Waals surface area contributed by atoms with Crippen molar-refractivity contribution in [2.24, 2.45) is 0 Å². The summed E-state index contributed by atoms with van der Waals surface area (Å²) >= 11 is 0. The molecule has 9 heteroatoms. The summed E-state index contributed by atoms with van der Waals surface area (Å²) in [7, 11) is 0.0172. The molecule has 3 aromatic rings. The maximum absolute atomic E-state index is 11.9. The molecule has 8 nitrogen and oxygen atoms in total. The molecule has 1 aromatic heterocycles. The smallest absolute Gasteiger partial charge is 0.257 e. The van der Waals surface area contributed by atoms with Crippen molar-refractivity contribution in [3.63, 3.8) is 0 Å². The third-order valence-corrected chi connectivity index (χ3v) is 6.09. The number of fused-ring (bicyclic) bond motifs is 1. The van der Waals surface area contributed by atoms with E-state index in [0.717, 1.165) is 5.56 Å². The van der Waals surface area contributed by atoms with Crippen LogP contribution in [0.15, 0.2) is 66.9 Å². The first-order valence-corrected chi connectivity index (χ1v) is 10.9. The van der Waals surface area contributed by atoms with Crippen LogP contribution >= 0.6 is 0 Å². The lowest BCUT2D eigenvalue weighted by Gasteiger charge is -2.13. The van der Waals surface area contributed by atoms with Crippen molar-refractivity contribution < 1.29 is 28.0 Å². The van der Waals surface area contributed by atoms with Gasteiger partial charge in [-0.2, -0.15) is 0 Å². The maximum Gasteiger partial charge on any atom is 0.257 e. The Morgan fingerprint density at radius 2 is 1.97 bits per heavy atom. The van der Waals surface area contributed by atoms with E-state index in [4.69, 9.17) is 18.9 Å². The molecule has 1 unspecified atom stereocenters. The average molecular weight is 450 g/mol. The first-order chi connectivity index (χ1) is 15.6. The lowest BCUT2D eigenvalue weighted by Crippen LogP contribution is -2.16. The molecular formula is C23H18N2O6S. The Hall–Kier alpha value is -3.85. The molecule has 5 rings (SSSR count). The van der Waals surface area contributed by atoms with E-state index < -0.39 is 11.0 Å². The van der Waals surface area contributed by atoms with Crippen LogP contribution in [-0.4, -0.2) is 28.8 Å².